The lowest BCUT2D eigenvalue weighted by Crippen LogP contribution is -2.47. The number of sulfonamides is 1. The number of allylic oxidation sites excluding steroid dienone is 1. The molecule has 0 aliphatic heterocycles. The van der Waals surface area contributed by atoms with Crippen molar-refractivity contribution in [2.45, 2.75) is 77.3 Å². The van der Waals surface area contributed by atoms with Crippen LogP contribution in [0.25, 0.3) is 0 Å². The average molecular weight is 410 g/mol. The molecule has 0 unspecified atom stereocenters. The summed E-state index contributed by atoms with van der Waals surface area (Å²) in [7, 11) is -3.76. The number of aliphatic hydroxyl groups is 1. The molecule has 0 fully saturated rings. The van der Waals surface area contributed by atoms with E-state index in [2.05, 4.69) is 10.8 Å². The average Bonchev–Trinajstić information content (AvgIpc) is 3.05. The molecule has 0 aromatic heterocycles. The number of ether oxygens (including phenoxy) is 1. The van der Waals surface area contributed by atoms with Crippen molar-refractivity contribution < 1.29 is 18.3 Å². The van der Waals surface area contributed by atoms with E-state index < -0.39 is 21.7 Å². The zero-order valence-electron chi connectivity index (χ0n) is 18.0. The number of nitrogens with one attached hydrogen (secondary N) is 1. The van der Waals surface area contributed by atoms with Crippen LogP contribution in [-0.2, 0) is 14.8 Å². The molecule has 2 rings (SSSR count). The van der Waals surface area contributed by atoms with E-state index in [0.29, 0.717) is 4.90 Å². The number of aliphatic hydroxyl groups excluding tert-OH is 1. The molecule has 0 saturated heterocycles. The van der Waals surface area contributed by atoms with E-state index in [-0.39, 0.29) is 19.1 Å². The molecule has 5 nitrogen and oxygen atoms in total. The van der Waals surface area contributed by atoms with Crippen LogP contribution in [0.3, 0.4) is 0 Å². The van der Waals surface area contributed by atoms with E-state index in [1.54, 1.807) is 0 Å². The van der Waals surface area contributed by atoms with Crippen LogP contribution < -0.4 is 4.72 Å². The maximum Gasteiger partial charge on any atom is 0.241 e. The number of rotatable bonds is 8. The molecular formula is C22H35NO4S. The van der Waals surface area contributed by atoms with Gasteiger partial charge in [0.15, 0.2) is 0 Å². The van der Waals surface area contributed by atoms with Gasteiger partial charge in [0.25, 0.3) is 0 Å². The first-order chi connectivity index (χ1) is 12.9. The molecule has 0 bridgehead atoms. The second kappa shape index (κ2) is 9.08. The molecule has 2 N–H and O–H groups in total. The molecule has 0 saturated carbocycles. The predicted molar refractivity (Wildman–Crippen MR) is 113 cm³/mol. The summed E-state index contributed by atoms with van der Waals surface area (Å²) in [6, 6.07) is 3.23. The fraction of sp³-hybridized carbons (Fsp3) is 0.636. The zero-order chi connectivity index (χ0) is 21.1. The molecule has 1 aromatic rings. The molecule has 1 aliphatic rings. The highest BCUT2D eigenvalue weighted by Crippen LogP contribution is 2.29. The minimum atomic E-state index is -3.76. The smallest absolute Gasteiger partial charge is 0.241 e. The van der Waals surface area contributed by atoms with Crippen molar-refractivity contribution >= 4 is 10.0 Å². The minimum absolute atomic E-state index is 0.113. The van der Waals surface area contributed by atoms with Crippen molar-refractivity contribution in [1.82, 2.24) is 4.72 Å². The van der Waals surface area contributed by atoms with Gasteiger partial charge >= 0.3 is 0 Å². The Morgan fingerprint density at radius 3 is 2.25 bits per heavy atom. The molecule has 0 spiro atoms. The Kier molecular flexibility index (Phi) is 7.48. The van der Waals surface area contributed by atoms with Crippen LogP contribution in [0.1, 0.15) is 56.7 Å². The third-order valence-corrected chi connectivity index (χ3v) is 6.91. The van der Waals surface area contributed by atoms with Gasteiger partial charge in [0.05, 0.1) is 29.8 Å². The van der Waals surface area contributed by atoms with Gasteiger partial charge in [-0.3, -0.25) is 0 Å². The van der Waals surface area contributed by atoms with Crippen molar-refractivity contribution in [2.75, 3.05) is 13.2 Å². The van der Waals surface area contributed by atoms with E-state index >= 15 is 0 Å². The highest BCUT2D eigenvalue weighted by molar-refractivity contribution is 7.89. The van der Waals surface area contributed by atoms with Gasteiger partial charge in [0.2, 0.25) is 10.0 Å². The molecule has 0 amide bonds. The Bertz CT molecular complexity index is 798. The first kappa shape index (κ1) is 23.1. The molecule has 6 heteroatoms. The van der Waals surface area contributed by atoms with E-state index in [0.717, 1.165) is 41.5 Å². The molecule has 28 heavy (non-hydrogen) atoms. The van der Waals surface area contributed by atoms with Crippen LogP contribution in [-0.4, -0.2) is 38.4 Å². The van der Waals surface area contributed by atoms with Crippen LogP contribution in [0, 0.1) is 26.7 Å². The van der Waals surface area contributed by atoms with Crippen molar-refractivity contribution in [3.63, 3.8) is 0 Å². The lowest BCUT2D eigenvalue weighted by molar-refractivity contribution is -0.0202. The lowest BCUT2D eigenvalue weighted by Gasteiger charge is -2.31. The van der Waals surface area contributed by atoms with E-state index in [9.17, 15) is 13.5 Å². The van der Waals surface area contributed by atoms with E-state index in [4.69, 9.17) is 4.74 Å². The number of hydrogen-bond acceptors (Lipinski definition) is 4. The van der Waals surface area contributed by atoms with Gasteiger partial charge in [-0.05, 0) is 71.9 Å². The fourth-order valence-electron chi connectivity index (χ4n) is 3.96. The summed E-state index contributed by atoms with van der Waals surface area (Å²) in [5.41, 5.74) is 3.20. The summed E-state index contributed by atoms with van der Waals surface area (Å²) in [5.74, 6) is -0.286. The van der Waals surface area contributed by atoms with Gasteiger partial charge in [-0.2, -0.15) is 0 Å². The Labute approximate surface area is 170 Å². The van der Waals surface area contributed by atoms with Crippen molar-refractivity contribution in [3.8, 4) is 0 Å². The van der Waals surface area contributed by atoms with Gasteiger partial charge in [0.1, 0.15) is 0 Å². The zero-order valence-corrected chi connectivity index (χ0v) is 18.8. The van der Waals surface area contributed by atoms with Gasteiger partial charge in [-0.15, -0.1) is 0 Å². The van der Waals surface area contributed by atoms with Crippen molar-refractivity contribution in [1.29, 1.82) is 0 Å². The normalized spacial score (nSPS) is 17.5. The summed E-state index contributed by atoms with van der Waals surface area (Å²) < 4.78 is 35.4. The predicted octanol–water partition coefficient (Wildman–Crippen LogP) is 3.79. The second-order valence-electron chi connectivity index (χ2n) is 8.84. The third-order valence-electron chi connectivity index (χ3n) is 5.11. The van der Waals surface area contributed by atoms with Gasteiger partial charge in [0, 0.05) is 5.92 Å². The quantitative estimate of drug-likeness (QED) is 0.641. The topological polar surface area (TPSA) is 75.6 Å². The van der Waals surface area contributed by atoms with Crippen LogP contribution >= 0.6 is 0 Å². The Hall–Kier alpha value is -1.21. The van der Waals surface area contributed by atoms with Crippen LogP contribution in [0.5, 0.6) is 0 Å². The summed E-state index contributed by atoms with van der Waals surface area (Å²) in [4.78, 5) is 0.316. The lowest BCUT2D eigenvalue weighted by atomic mass is 9.92. The summed E-state index contributed by atoms with van der Waals surface area (Å²) >= 11 is 0. The summed E-state index contributed by atoms with van der Waals surface area (Å²) in [5, 5.41) is 10.1. The summed E-state index contributed by atoms with van der Waals surface area (Å²) in [6.45, 7) is 11.5. The second-order valence-corrected chi connectivity index (χ2v) is 10.5. The largest absolute Gasteiger partial charge is 0.396 e. The SMILES string of the molecule is Cc1cc(C)c(S(=O)(=O)N[C@@H](COC(C)(C)C)[C@@H](CO)C2=CCCC2)c(C)c1. The van der Waals surface area contributed by atoms with Crippen molar-refractivity contribution in [3.05, 3.63) is 40.5 Å². The highest BCUT2D eigenvalue weighted by Gasteiger charge is 2.32. The van der Waals surface area contributed by atoms with Gasteiger partial charge in [-0.25, -0.2) is 13.1 Å². The molecular weight excluding hydrogens is 374 g/mol. The standard InChI is InChI=1S/C22H35NO4S/c1-15-11-16(2)21(17(3)12-15)28(25,26)23-20(14-27-22(4,5)6)19(13-24)18-9-7-8-10-18/h9,11-12,19-20,23-24H,7-8,10,13-14H2,1-6H3/t19-,20-/m0/s1. The Morgan fingerprint density at radius 1 is 1.18 bits per heavy atom. The summed E-state index contributed by atoms with van der Waals surface area (Å²) in [6.07, 6.45) is 5.03. The molecule has 2 atom stereocenters. The van der Waals surface area contributed by atoms with Gasteiger partial charge < -0.3 is 9.84 Å². The first-order valence-corrected chi connectivity index (χ1v) is 11.5. The number of benzene rings is 1. The minimum Gasteiger partial charge on any atom is -0.396 e. The molecule has 0 heterocycles. The molecule has 158 valence electrons. The molecule has 1 aliphatic carbocycles. The monoisotopic (exact) mass is 409 g/mol. The Balaban J connectivity index is 2.37. The Morgan fingerprint density at radius 2 is 1.79 bits per heavy atom. The van der Waals surface area contributed by atoms with Crippen LogP contribution in [0.2, 0.25) is 0 Å². The number of aryl methyl sites for hydroxylation is 3. The fourth-order valence-corrected chi connectivity index (χ4v) is 5.67. The molecule has 1 aromatic carbocycles. The molecule has 0 radical (unpaired) electrons. The van der Waals surface area contributed by atoms with Crippen LogP contribution in [0.15, 0.2) is 28.7 Å². The maximum absolute atomic E-state index is 13.3. The van der Waals surface area contributed by atoms with Crippen LogP contribution in [0.4, 0.5) is 0 Å². The third kappa shape index (κ3) is 5.89. The van der Waals surface area contributed by atoms with E-state index in [1.165, 1.54) is 0 Å². The van der Waals surface area contributed by atoms with E-state index in [1.807, 2.05) is 53.7 Å². The van der Waals surface area contributed by atoms with Gasteiger partial charge in [-0.1, -0.05) is 29.3 Å². The number of hydrogen-bond donors (Lipinski definition) is 2. The van der Waals surface area contributed by atoms with Crippen molar-refractivity contribution in [2.24, 2.45) is 5.92 Å². The first-order valence-electron chi connectivity index (χ1n) is 9.98. The maximum atomic E-state index is 13.3. The highest BCUT2D eigenvalue weighted by atomic mass is 32.2.